The molecule has 202 valence electrons. The first-order valence-electron chi connectivity index (χ1n) is 12.9. The van der Waals surface area contributed by atoms with Crippen LogP contribution in [0.4, 0.5) is 11.4 Å². The molecular weight excluding hydrogens is 496 g/mol. The van der Waals surface area contributed by atoms with E-state index in [1.807, 2.05) is 50.9 Å². The molecule has 0 radical (unpaired) electrons. The maximum absolute atomic E-state index is 13.6. The Morgan fingerprint density at radius 3 is 2.46 bits per heavy atom. The van der Waals surface area contributed by atoms with Gasteiger partial charge in [0.2, 0.25) is 0 Å². The Balaban J connectivity index is 1.73. The number of methoxy groups -OCH3 is 1. The van der Waals surface area contributed by atoms with E-state index >= 15 is 0 Å². The number of benzene rings is 3. The third-order valence-electron chi connectivity index (χ3n) is 7.06. The molecule has 5 rings (SSSR count). The molecule has 0 spiro atoms. The summed E-state index contributed by atoms with van der Waals surface area (Å²) in [6.45, 7) is 7.41. The number of ketones is 1. The second-order valence-electron chi connectivity index (χ2n) is 9.81. The number of hydrogen-bond donors (Lipinski definition) is 1. The molecule has 8 nitrogen and oxygen atoms in total. The van der Waals surface area contributed by atoms with Gasteiger partial charge in [-0.25, -0.2) is 0 Å². The molecule has 1 atom stereocenters. The van der Waals surface area contributed by atoms with Gasteiger partial charge in [-0.05, 0) is 79.9 Å². The van der Waals surface area contributed by atoms with Crippen molar-refractivity contribution in [3.63, 3.8) is 0 Å². The highest BCUT2D eigenvalue weighted by atomic mass is 16.5. The Morgan fingerprint density at radius 1 is 1.03 bits per heavy atom. The zero-order valence-corrected chi connectivity index (χ0v) is 22.8. The van der Waals surface area contributed by atoms with Crippen LogP contribution in [0.5, 0.6) is 17.2 Å². The fourth-order valence-electron chi connectivity index (χ4n) is 5.29. The van der Waals surface area contributed by atoms with Crippen LogP contribution >= 0.6 is 0 Å². The van der Waals surface area contributed by atoms with Crippen molar-refractivity contribution in [1.82, 2.24) is 0 Å². The van der Waals surface area contributed by atoms with E-state index in [-0.39, 0.29) is 11.3 Å². The first kappa shape index (κ1) is 26.2. The largest absolute Gasteiger partial charge is 0.507 e. The molecule has 2 heterocycles. The van der Waals surface area contributed by atoms with Crippen LogP contribution in [0.2, 0.25) is 0 Å². The molecule has 39 heavy (non-hydrogen) atoms. The molecule has 0 saturated carbocycles. The lowest BCUT2D eigenvalue weighted by Gasteiger charge is -2.28. The summed E-state index contributed by atoms with van der Waals surface area (Å²) in [5.74, 6) is -0.00549. The van der Waals surface area contributed by atoms with Gasteiger partial charge in [0.15, 0.2) is 11.5 Å². The van der Waals surface area contributed by atoms with Crippen LogP contribution in [0.15, 0.2) is 60.2 Å². The fraction of sp³-hybridized carbons (Fsp3) is 0.290. The fourth-order valence-corrected chi connectivity index (χ4v) is 5.29. The summed E-state index contributed by atoms with van der Waals surface area (Å²) in [5, 5.41) is 11.6. The number of Topliss-reactive ketones (excluding diaryl/α,β-unsaturated/α-hetero) is 1. The van der Waals surface area contributed by atoms with Crippen molar-refractivity contribution in [3.8, 4) is 17.2 Å². The van der Waals surface area contributed by atoms with Gasteiger partial charge < -0.3 is 24.2 Å². The molecule has 8 heteroatoms. The maximum Gasteiger partial charge on any atom is 0.300 e. The molecule has 1 saturated heterocycles. The zero-order chi connectivity index (χ0) is 27.8. The highest BCUT2D eigenvalue weighted by Gasteiger charge is 2.47. The smallest absolute Gasteiger partial charge is 0.300 e. The van der Waals surface area contributed by atoms with Crippen LogP contribution in [0, 0.1) is 13.8 Å². The number of aliphatic hydroxyl groups is 1. The summed E-state index contributed by atoms with van der Waals surface area (Å²) in [6, 6.07) is 15.4. The lowest BCUT2D eigenvalue weighted by atomic mass is 9.94. The number of rotatable bonds is 6. The van der Waals surface area contributed by atoms with Gasteiger partial charge in [0, 0.05) is 18.3 Å². The number of carbonyl (C=O) groups excluding carboxylic acids is 2. The van der Waals surface area contributed by atoms with Crippen molar-refractivity contribution in [2.24, 2.45) is 0 Å². The highest BCUT2D eigenvalue weighted by Crippen LogP contribution is 2.45. The van der Waals surface area contributed by atoms with Crippen molar-refractivity contribution in [2.75, 3.05) is 43.7 Å². The topological polar surface area (TPSA) is 88.5 Å². The van der Waals surface area contributed by atoms with Crippen LogP contribution in [0.3, 0.4) is 0 Å². The minimum Gasteiger partial charge on any atom is -0.507 e. The Morgan fingerprint density at radius 2 is 1.77 bits per heavy atom. The number of nitrogens with zero attached hydrogens (tertiary/aromatic N) is 2. The molecule has 3 aromatic rings. The number of amides is 1. The van der Waals surface area contributed by atoms with Crippen LogP contribution in [0.25, 0.3) is 5.76 Å². The molecule has 1 fully saturated rings. The van der Waals surface area contributed by atoms with Gasteiger partial charge in [0.05, 0.1) is 37.6 Å². The number of aryl methyl sites for hydroxylation is 2. The Labute approximate surface area is 228 Å². The van der Waals surface area contributed by atoms with Gasteiger partial charge in [-0.15, -0.1) is 0 Å². The van der Waals surface area contributed by atoms with Gasteiger partial charge in [-0.2, -0.15) is 0 Å². The minimum absolute atomic E-state index is 0.00565. The second-order valence-corrected chi connectivity index (χ2v) is 9.81. The number of carbonyl (C=O) groups is 2. The molecule has 0 bridgehead atoms. The van der Waals surface area contributed by atoms with E-state index < -0.39 is 17.7 Å². The number of aliphatic hydroxyl groups excluding tert-OH is 1. The van der Waals surface area contributed by atoms with E-state index in [9.17, 15) is 14.7 Å². The van der Waals surface area contributed by atoms with Crippen LogP contribution in [-0.2, 0) is 9.59 Å². The average Bonchev–Trinajstić information content (AvgIpc) is 3.18. The van der Waals surface area contributed by atoms with Crippen molar-refractivity contribution in [1.29, 1.82) is 0 Å². The average molecular weight is 529 g/mol. The minimum atomic E-state index is -0.888. The van der Waals surface area contributed by atoms with Gasteiger partial charge in [-0.1, -0.05) is 12.1 Å². The summed E-state index contributed by atoms with van der Waals surface area (Å²) in [7, 11) is 3.49. The van der Waals surface area contributed by atoms with Crippen molar-refractivity contribution in [2.45, 2.75) is 26.8 Å². The van der Waals surface area contributed by atoms with E-state index in [0.717, 1.165) is 16.8 Å². The normalized spacial score (nSPS) is 18.1. The van der Waals surface area contributed by atoms with Gasteiger partial charge >= 0.3 is 0 Å². The Kier molecular flexibility index (Phi) is 6.95. The van der Waals surface area contributed by atoms with E-state index in [4.69, 9.17) is 14.2 Å². The molecule has 2 aliphatic heterocycles. The summed E-state index contributed by atoms with van der Waals surface area (Å²) < 4.78 is 17.0. The van der Waals surface area contributed by atoms with Crippen LogP contribution in [0.1, 0.15) is 35.2 Å². The predicted octanol–water partition coefficient (Wildman–Crippen LogP) is 5.17. The highest BCUT2D eigenvalue weighted by molar-refractivity contribution is 6.51. The van der Waals surface area contributed by atoms with Gasteiger partial charge in [0.1, 0.15) is 18.1 Å². The van der Waals surface area contributed by atoms with Crippen molar-refractivity contribution < 1.29 is 28.9 Å². The quantitative estimate of drug-likeness (QED) is 0.268. The molecule has 1 unspecified atom stereocenters. The first-order valence-corrected chi connectivity index (χ1v) is 12.9. The molecular formula is C31H32N2O6. The number of fused-ring (bicyclic) bond motifs is 1. The monoisotopic (exact) mass is 528 g/mol. The van der Waals surface area contributed by atoms with E-state index in [2.05, 4.69) is 0 Å². The Hall–Kier alpha value is -4.46. The Bertz CT molecular complexity index is 1470. The van der Waals surface area contributed by atoms with Crippen molar-refractivity contribution in [3.05, 3.63) is 82.4 Å². The molecule has 0 aliphatic carbocycles. The molecule has 1 amide bonds. The SMILES string of the molecule is CCOc1cc(C2/C(=C(\O)c3ccc4c(c3)N(C)CCO4)C(=O)C(=O)N2c2cc(C)cc(C)c2)ccc1OC. The molecule has 0 aromatic heterocycles. The molecule has 2 aliphatic rings. The van der Waals surface area contributed by atoms with E-state index in [1.54, 1.807) is 43.5 Å². The molecule has 3 aromatic carbocycles. The van der Waals surface area contributed by atoms with Crippen LogP contribution < -0.4 is 24.0 Å². The van der Waals surface area contributed by atoms with Gasteiger partial charge in [0.25, 0.3) is 11.7 Å². The first-order chi connectivity index (χ1) is 18.7. The number of hydrogen-bond acceptors (Lipinski definition) is 7. The summed E-state index contributed by atoms with van der Waals surface area (Å²) >= 11 is 0. The zero-order valence-electron chi connectivity index (χ0n) is 22.8. The third-order valence-corrected chi connectivity index (χ3v) is 7.06. The lowest BCUT2D eigenvalue weighted by molar-refractivity contribution is -0.132. The number of likely N-dealkylation sites (N-methyl/N-ethyl adjacent to an activating group) is 1. The predicted molar refractivity (Wildman–Crippen MR) is 150 cm³/mol. The summed E-state index contributed by atoms with van der Waals surface area (Å²) in [5.41, 5.74) is 4.32. The standard InChI is InChI=1S/C31H32N2O6/c1-6-38-26-17-20(7-10-25(26)37-5)28-27(29(34)21-8-9-24-23(16-21)32(4)11-12-39-24)30(35)31(36)33(28)22-14-18(2)13-19(3)15-22/h7-10,13-17,28,34H,6,11-12H2,1-5H3/b29-27+. The number of ether oxygens (including phenoxy) is 3. The van der Waals surface area contributed by atoms with E-state index in [0.29, 0.717) is 53.8 Å². The van der Waals surface area contributed by atoms with Crippen LogP contribution in [-0.4, -0.2) is 50.7 Å². The third kappa shape index (κ3) is 4.67. The van der Waals surface area contributed by atoms with E-state index in [1.165, 1.54) is 4.90 Å². The second kappa shape index (κ2) is 10.4. The number of anilines is 2. The van der Waals surface area contributed by atoms with Gasteiger partial charge in [-0.3, -0.25) is 14.5 Å². The van der Waals surface area contributed by atoms with Crippen molar-refractivity contribution >= 4 is 28.8 Å². The summed E-state index contributed by atoms with van der Waals surface area (Å²) in [6.07, 6.45) is 0. The molecule has 1 N–H and O–H groups in total. The lowest BCUT2D eigenvalue weighted by Crippen LogP contribution is -2.29. The maximum atomic E-state index is 13.6. The summed E-state index contributed by atoms with van der Waals surface area (Å²) in [4.78, 5) is 30.8.